The van der Waals surface area contributed by atoms with Crippen LogP contribution in [0, 0.1) is 0 Å². The van der Waals surface area contributed by atoms with Gasteiger partial charge in [0.2, 0.25) is 5.91 Å². The van der Waals surface area contributed by atoms with E-state index in [2.05, 4.69) is 15.3 Å². The zero-order chi connectivity index (χ0) is 14.5. The molecule has 0 aliphatic heterocycles. The lowest BCUT2D eigenvalue weighted by Gasteiger charge is -2.00. The van der Waals surface area contributed by atoms with Gasteiger partial charge in [-0.3, -0.25) is 9.78 Å². The van der Waals surface area contributed by atoms with Crippen LogP contribution in [0.3, 0.4) is 0 Å². The summed E-state index contributed by atoms with van der Waals surface area (Å²) in [4.78, 5) is 20.3. The second kappa shape index (κ2) is 6.28. The molecule has 5 heteroatoms. The number of fused-ring (bicyclic) bond motifs is 1. The number of nitrogens with zero attached hydrogens (tertiary/aromatic N) is 2. The molecule has 0 saturated carbocycles. The molecule has 2 heterocycles. The predicted octanol–water partition coefficient (Wildman–Crippen LogP) is 3.02. The average molecular weight is 295 g/mol. The highest BCUT2D eigenvalue weighted by Gasteiger charge is 2.01. The summed E-state index contributed by atoms with van der Waals surface area (Å²) < 4.78 is 1.12. The minimum Gasteiger partial charge on any atom is -0.347 e. The van der Waals surface area contributed by atoms with Gasteiger partial charge in [0, 0.05) is 12.3 Å². The molecule has 1 aromatic carbocycles. The fourth-order valence-corrected chi connectivity index (χ4v) is 2.72. The topological polar surface area (TPSA) is 54.9 Å². The molecule has 3 aromatic rings. The Kier molecular flexibility index (Phi) is 4.02. The fraction of sp³-hybridized carbons (Fsp3) is 0.0625. The number of carbonyl (C=O) groups excluding carboxylic acids is 1. The third-order valence-corrected chi connectivity index (χ3v) is 3.86. The molecule has 0 bridgehead atoms. The van der Waals surface area contributed by atoms with Gasteiger partial charge in [0.1, 0.15) is 5.01 Å². The van der Waals surface area contributed by atoms with Crippen LogP contribution in [0.2, 0.25) is 0 Å². The van der Waals surface area contributed by atoms with E-state index >= 15 is 0 Å². The summed E-state index contributed by atoms with van der Waals surface area (Å²) in [6.45, 7) is 0.420. The van der Waals surface area contributed by atoms with Gasteiger partial charge < -0.3 is 5.32 Å². The van der Waals surface area contributed by atoms with E-state index in [-0.39, 0.29) is 5.91 Å². The number of aromatic nitrogens is 2. The van der Waals surface area contributed by atoms with Crippen LogP contribution >= 0.6 is 11.3 Å². The number of nitrogens with one attached hydrogen (secondary N) is 1. The first-order valence-electron chi connectivity index (χ1n) is 6.53. The molecule has 0 unspecified atom stereocenters. The molecule has 0 saturated heterocycles. The van der Waals surface area contributed by atoms with Crippen LogP contribution in [0.1, 0.15) is 10.7 Å². The van der Waals surface area contributed by atoms with Crippen molar-refractivity contribution in [3.8, 4) is 0 Å². The first-order valence-corrected chi connectivity index (χ1v) is 7.34. The first-order chi connectivity index (χ1) is 10.3. The average Bonchev–Trinajstić information content (AvgIpc) is 2.95. The van der Waals surface area contributed by atoms with Crippen molar-refractivity contribution in [2.75, 3.05) is 0 Å². The number of thiazole rings is 1. The van der Waals surface area contributed by atoms with E-state index in [0.29, 0.717) is 6.54 Å². The van der Waals surface area contributed by atoms with Gasteiger partial charge in [0.05, 0.1) is 22.5 Å². The molecule has 1 N–H and O–H groups in total. The first kappa shape index (κ1) is 13.5. The number of amides is 1. The summed E-state index contributed by atoms with van der Waals surface area (Å²) >= 11 is 1.56. The lowest BCUT2D eigenvalue weighted by atomic mass is 10.3. The van der Waals surface area contributed by atoms with Crippen molar-refractivity contribution >= 4 is 33.5 Å². The second-order valence-electron chi connectivity index (χ2n) is 4.39. The molecule has 0 fully saturated rings. The van der Waals surface area contributed by atoms with E-state index in [1.54, 1.807) is 23.6 Å². The third-order valence-electron chi connectivity index (χ3n) is 2.86. The van der Waals surface area contributed by atoms with Crippen molar-refractivity contribution in [2.24, 2.45) is 0 Å². The Morgan fingerprint density at radius 3 is 2.86 bits per heavy atom. The summed E-state index contributed by atoms with van der Waals surface area (Å²) in [5, 5.41) is 3.61. The van der Waals surface area contributed by atoms with Gasteiger partial charge in [0.15, 0.2) is 0 Å². The van der Waals surface area contributed by atoms with E-state index in [1.807, 2.05) is 42.5 Å². The number of rotatable bonds is 4. The van der Waals surface area contributed by atoms with Crippen LogP contribution in [-0.2, 0) is 11.3 Å². The fourth-order valence-electron chi connectivity index (χ4n) is 1.85. The van der Waals surface area contributed by atoms with Crippen LogP contribution < -0.4 is 5.32 Å². The van der Waals surface area contributed by atoms with Gasteiger partial charge in [0.25, 0.3) is 0 Å². The van der Waals surface area contributed by atoms with Crippen molar-refractivity contribution in [1.29, 1.82) is 0 Å². The summed E-state index contributed by atoms with van der Waals surface area (Å²) in [7, 11) is 0. The molecule has 0 atom stereocenters. The predicted molar refractivity (Wildman–Crippen MR) is 84.7 cm³/mol. The smallest absolute Gasteiger partial charge is 0.244 e. The van der Waals surface area contributed by atoms with Crippen LogP contribution in [-0.4, -0.2) is 15.9 Å². The van der Waals surface area contributed by atoms with E-state index in [9.17, 15) is 4.79 Å². The van der Waals surface area contributed by atoms with E-state index in [0.717, 1.165) is 20.9 Å². The van der Waals surface area contributed by atoms with E-state index < -0.39 is 0 Å². The molecule has 2 aromatic heterocycles. The molecule has 0 radical (unpaired) electrons. The number of hydrogen-bond donors (Lipinski definition) is 1. The molecule has 0 aliphatic carbocycles. The minimum absolute atomic E-state index is 0.153. The Bertz CT molecular complexity index is 747. The second-order valence-corrected chi connectivity index (χ2v) is 5.45. The van der Waals surface area contributed by atoms with Crippen LogP contribution in [0.5, 0.6) is 0 Å². The monoisotopic (exact) mass is 295 g/mol. The Balaban J connectivity index is 1.61. The Labute approximate surface area is 126 Å². The maximum atomic E-state index is 11.8. The van der Waals surface area contributed by atoms with Crippen molar-refractivity contribution in [1.82, 2.24) is 15.3 Å². The van der Waals surface area contributed by atoms with Crippen molar-refractivity contribution < 1.29 is 4.79 Å². The third kappa shape index (κ3) is 3.52. The quantitative estimate of drug-likeness (QED) is 0.753. The van der Waals surface area contributed by atoms with Crippen LogP contribution in [0.15, 0.2) is 54.7 Å². The lowest BCUT2D eigenvalue weighted by Crippen LogP contribution is -2.20. The zero-order valence-corrected chi connectivity index (χ0v) is 12.0. The number of hydrogen-bond acceptors (Lipinski definition) is 4. The SMILES string of the molecule is O=C(C=Cc1nc2ccccc2s1)NCc1ccccn1. The van der Waals surface area contributed by atoms with Crippen LogP contribution in [0.4, 0.5) is 0 Å². The van der Waals surface area contributed by atoms with Crippen molar-refractivity contribution in [3.63, 3.8) is 0 Å². The highest BCUT2D eigenvalue weighted by molar-refractivity contribution is 7.19. The van der Waals surface area contributed by atoms with Gasteiger partial charge >= 0.3 is 0 Å². The summed E-state index contributed by atoms with van der Waals surface area (Å²) in [6, 6.07) is 13.5. The van der Waals surface area contributed by atoms with Gasteiger partial charge in [-0.1, -0.05) is 18.2 Å². The highest BCUT2D eigenvalue weighted by Crippen LogP contribution is 2.22. The molecular weight excluding hydrogens is 282 g/mol. The summed E-state index contributed by atoms with van der Waals surface area (Å²) in [5.41, 5.74) is 1.79. The highest BCUT2D eigenvalue weighted by atomic mass is 32.1. The number of para-hydroxylation sites is 1. The number of carbonyl (C=O) groups is 1. The molecule has 1 amide bonds. The van der Waals surface area contributed by atoms with Gasteiger partial charge in [-0.15, -0.1) is 11.3 Å². The Morgan fingerprint density at radius 1 is 1.19 bits per heavy atom. The molecule has 3 rings (SSSR count). The lowest BCUT2D eigenvalue weighted by molar-refractivity contribution is -0.116. The maximum Gasteiger partial charge on any atom is 0.244 e. The van der Waals surface area contributed by atoms with Crippen molar-refractivity contribution in [3.05, 3.63) is 65.4 Å². The molecule has 4 nitrogen and oxygen atoms in total. The van der Waals surface area contributed by atoms with Crippen molar-refractivity contribution in [2.45, 2.75) is 6.54 Å². The van der Waals surface area contributed by atoms with E-state index in [4.69, 9.17) is 0 Å². The van der Waals surface area contributed by atoms with Gasteiger partial charge in [-0.25, -0.2) is 4.98 Å². The minimum atomic E-state index is -0.153. The number of pyridine rings is 1. The Morgan fingerprint density at radius 2 is 2.05 bits per heavy atom. The molecule has 21 heavy (non-hydrogen) atoms. The molecule has 0 aliphatic rings. The zero-order valence-electron chi connectivity index (χ0n) is 11.2. The van der Waals surface area contributed by atoms with Gasteiger partial charge in [-0.05, 0) is 30.3 Å². The summed E-state index contributed by atoms with van der Waals surface area (Å²) in [5.74, 6) is -0.153. The maximum absolute atomic E-state index is 11.8. The molecular formula is C16H13N3OS. The molecule has 104 valence electrons. The number of benzene rings is 1. The Hall–Kier alpha value is -2.53. The van der Waals surface area contributed by atoms with Crippen LogP contribution in [0.25, 0.3) is 16.3 Å². The molecule has 0 spiro atoms. The normalized spacial score (nSPS) is 11.0. The standard InChI is InChI=1S/C16H13N3OS/c20-15(18-11-12-5-3-4-10-17-12)8-9-16-19-13-6-1-2-7-14(13)21-16/h1-10H,11H2,(H,18,20). The van der Waals surface area contributed by atoms with Gasteiger partial charge in [-0.2, -0.15) is 0 Å². The largest absolute Gasteiger partial charge is 0.347 e. The van der Waals surface area contributed by atoms with E-state index in [1.165, 1.54) is 6.08 Å². The summed E-state index contributed by atoms with van der Waals surface area (Å²) in [6.07, 6.45) is 4.94.